The van der Waals surface area contributed by atoms with Gasteiger partial charge in [-0.15, -0.1) is 0 Å². The molecule has 12 heteroatoms. The van der Waals surface area contributed by atoms with Gasteiger partial charge in [-0.25, -0.2) is 9.97 Å². The number of nitrogens with zero attached hydrogens (tertiary/aromatic N) is 2. The highest BCUT2D eigenvalue weighted by Crippen LogP contribution is 2.31. The number of primary amides is 2. The monoisotopic (exact) mass is 475 g/mol. The molecule has 9 nitrogen and oxygen atoms in total. The second-order valence-corrected chi connectivity index (χ2v) is 7.10. The first-order valence-electron chi connectivity index (χ1n) is 9.83. The molecular weight excluding hydrogens is 455 g/mol. The molecule has 0 aliphatic rings. The Kier molecular flexibility index (Phi) is 7.44. The van der Waals surface area contributed by atoms with Crippen LogP contribution in [-0.2, 0) is 17.5 Å². The number of aliphatic hydroxyl groups excluding tert-OH is 1. The standard InChI is InChI=1S/C22H20F3N5O4/c23-22(24,25)13-3-7-16(8-4-13)34-15-5-1-12(2-6-15)21-29-14(9-17(30-21)19(26)32)10-28-18(11-31)20(27)33/h1-9,18,28,31H,10-11H2,(H2,26,32)(H2,27,33). The highest BCUT2D eigenvalue weighted by atomic mass is 19.4. The predicted octanol–water partition coefficient (Wildman–Crippen LogP) is 1.99. The Hall–Kier alpha value is -4.03. The minimum atomic E-state index is -4.44. The van der Waals surface area contributed by atoms with Crippen LogP contribution in [0.2, 0.25) is 0 Å². The van der Waals surface area contributed by atoms with Crippen molar-refractivity contribution < 1.29 is 32.6 Å². The van der Waals surface area contributed by atoms with E-state index in [0.717, 1.165) is 12.1 Å². The zero-order valence-corrected chi connectivity index (χ0v) is 17.5. The summed E-state index contributed by atoms with van der Waals surface area (Å²) in [6.45, 7) is -0.518. The fourth-order valence-corrected chi connectivity index (χ4v) is 2.85. The van der Waals surface area contributed by atoms with Gasteiger partial charge in [-0.2, -0.15) is 13.2 Å². The number of hydrogen-bond acceptors (Lipinski definition) is 7. The average molecular weight is 475 g/mol. The third kappa shape index (κ3) is 6.27. The van der Waals surface area contributed by atoms with E-state index in [9.17, 15) is 27.9 Å². The van der Waals surface area contributed by atoms with E-state index in [2.05, 4.69) is 15.3 Å². The number of carbonyl (C=O) groups excluding carboxylic acids is 2. The number of benzene rings is 2. The van der Waals surface area contributed by atoms with Gasteiger partial charge in [0.1, 0.15) is 23.2 Å². The van der Waals surface area contributed by atoms with Gasteiger partial charge in [-0.1, -0.05) is 0 Å². The van der Waals surface area contributed by atoms with Crippen molar-refractivity contribution in [2.75, 3.05) is 6.61 Å². The van der Waals surface area contributed by atoms with Crippen LogP contribution in [0.15, 0.2) is 54.6 Å². The zero-order chi connectivity index (χ0) is 24.9. The topological polar surface area (TPSA) is 153 Å². The Morgan fingerprint density at radius 3 is 2.09 bits per heavy atom. The molecule has 1 unspecified atom stereocenters. The maximum Gasteiger partial charge on any atom is 0.416 e. The van der Waals surface area contributed by atoms with Crippen molar-refractivity contribution in [3.8, 4) is 22.9 Å². The second-order valence-electron chi connectivity index (χ2n) is 7.10. The van der Waals surface area contributed by atoms with Gasteiger partial charge in [0.15, 0.2) is 5.82 Å². The van der Waals surface area contributed by atoms with Crippen LogP contribution in [0.5, 0.6) is 11.5 Å². The number of aromatic nitrogens is 2. The van der Waals surface area contributed by atoms with Crippen LogP contribution in [0.3, 0.4) is 0 Å². The van der Waals surface area contributed by atoms with Crippen LogP contribution < -0.4 is 21.5 Å². The minimum absolute atomic E-state index is 0.000910. The molecule has 0 fully saturated rings. The zero-order valence-electron chi connectivity index (χ0n) is 17.5. The highest BCUT2D eigenvalue weighted by molar-refractivity contribution is 5.91. The molecule has 1 aromatic heterocycles. The summed E-state index contributed by atoms with van der Waals surface area (Å²) in [5.41, 5.74) is 10.5. The first-order valence-corrected chi connectivity index (χ1v) is 9.83. The number of aliphatic hydroxyl groups is 1. The molecule has 2 aromatic carbocycles. The lowest BCUT2D eigenvalue weighted by molar-refractivity contribution is -0.137. The van der Waals surface area contributed by atoms with Crippen molar-refractivity contribution in [3.63, 3.8) is 0 Å². The van der Waals surface area contributed by atoms with Crippen molar-refractivity contribution in [1.29, 1.82) is 0 Å². The van der Waals surface area contributed by atoms with E-state index in [-0.39, 0.29) is 23.8 Å². The first-order chi connectivity index (χ1) is 16.1. The van der Waals surface area contributed by atoms with Crippen LogP contribution in [0.1, 0.15) is 21.7 Å². The summed E-state index contributed by atoms with van der Waals surface area (Å²) in [6.07, 6.45) is -4.44. The van der Waals surface area contributed by atoms with Crippen molar-refractivity contribution in [3.05, 3.63) is 71.5 Å². The van der Waals surface area contributed by atoms with Gasteiger partial charge in [0.2, 0.25) is 5.91 Å². The molecule has 6 N–H and O–H groups in total. The van der Waals surface area contributed by atoms with Gasteiger partial charge in [0.25, 0.3) is 5.91 Å². The number of rotatable bonds is 9. The summed E-state index contributed by atoms with van der Waals surface area (Å²) in [5, 5.41) is 11.9. The Bertz CT molecular complexity index is 1170. The lowest BCUT2D eigenvalue weighted by Crippen LogP contribution is -2.43. The molecule has 0 bridgehead atoms. The number of carbonyl (C=O) groups is 2. The molecule has 0 saturated carbocycles. The summed E-state index contributed by atoms with van der Waals surface area (Å²) in [4.78, 5) is 31.4. The van der Waals surface area contributed by atoms with Crippen LogP contribution in [0.25, 0.3) is 11.4 Å². The molecule has 0 spiro atoms. The van der Waals surface area contributed by atoms with Crippen LogP contribution >= 0.6 is 0 Å². The molecule has 0 radical (unpaired) electrons. The van der Waals surface area contributed by atoms with E-state index < -0.39 is 36.2 Å². The van der Waals surface area contributed by atoms with Gasteiger partial charge < -0.3 is 21.3 Å². The molecule has 0 aliphatic heterocycles. The predicted molar refractivity (Wildman–Crippen MR) is 114 cm³/mol. The van der Waals surface area contributed by atoms with Crippen LogP contribution in [-0.4, -0.2) is 39.5 Å². The fraction of sp³-hybridized carbons (Fsp3) is 0.182. The van der Waals surface area contributed by atoms with Crippen LogP contribution in [0, 0.1) is 0 Å². The maximum atomic E-state index is 12.7. The van der Waals surface area contributed by atoms with Crippen molar-refractivity contribution in [2.24, 2.45) is 11.5 Å². The Morgan fingerprint density at radius 1 is 1.00 bits per heavy atom. The van der Waals surface area contributed by atoms with Gasteiger partial charge in [-0.3, -0.25) is 14.9 Å². The van der Waals surface area contributed by atoms with E-state index in [4.69, 9.17) is 16.2 Å². The van der Waals surface area contributed by atoms with E-state index in [1.54, 1.807) is 24.3 Å². The Labute approximate surface area is 191 Å². The normalized spacial score (nSPS) is 12.2. The van der Waals surface area contributed by atoms with Crippen molar-refractivity contribution in [2.45, 2.75) is 18.8 Å². The largest absolute Gasteiger partial charge is 0.457 e. The van der Waals surface area contributed by atoms with E-state index in [0.29, 0.717) is 17.0 Å². The third-order valence-electron chi connectivity index (χ3n) is 4.62. The molecule has 1 heterocycles. The summed E-state index contributed by atoms with van der Waals surface area (Å²) in [6, 6.07) is 10.9. The van der Waals surface area contributed by atoms with Crippen LogP contribution in [0.4, 0.5) is 13.2 Å². The maximum absolute atomic E-state index is 12.7. The first kappa shape index (κ1) is 24.6. The molecule has 34 heavy (non-hydrogen) atoms. The summed E-state index contributed by atoms with van der Waals surface area (Å²) < 4.78 is 43.6. The summed E-state index contributed by atoms with van der Waals surface area (Å²) in [5.74, 6) is -0.817. The average Bonchev–Trinajstić information content (AvgIpc) is 2.79. The minimum Gasteiger partial charge on any atom is -0.457 e. The number of amides is 2. The number of nitrogens with two attached hydrogens (primary N) is 2. The lowest BCUT2D eigenvalue weighted by Gasteiger charge is -2.13. The number of halogens is 3. The summed E-state index contributed by atoms with van der Waals surface area (Å²) in [7, 11) is 0. The van der Waals surface area contributed by atoms with Crippen molar-refractivity contribution >= 4 is 11.8 Å². The molecule has 0 aliphatic carbocycles. The highest BCUT2D eigenvalue weighted by Gasteiger charge is 2.30. The summed E-state index contributed by atoms with van der Waals surface area (Å²) >= 11 is 0. The third-order valence-corrected chi connectivity index (χ3v) is 4.62. The van der Waals surface area contributed by atoms with Gasteiger partial charge in [0.05, 0.1) is 17.9 Å². The fourth-order valence-electron chi connectivity index (χ4n) is 2.85. The second kappa shape index (κ2) is 10.3. The van der Waals surface area contributed by atoms with E-state index >= 15 is 0 Å². The molecule has 3 rings (SSSR count). The molecule has 2 amide bonds. The van der Waals surface area contributed by atoms with E-state index in [1.165, 1.54) is 18.2 Å². The molecule has 3 aromatic rings. The Balaban J connectivity index is 1.79. The van der Waals surface area contributed by atoms with Gasteiger partial charge in [0, 0.05) is 12.1 Å². The smallest absolute Gasteiger partial charge is 0.416 e. The van der Waals surface area contributed by atoms with Gasteiger partial charge in [-0.05, 0) is 54.6 Å². The SMILES string of the molecule is NC(=O)c1cc(CNC(CO)C(N)=O)nc(-c2ccc(Oc3ccc(C(F)(F)F)cc3)cc2)n1. The number of ether oxygens (including phenoxy) is 1. The Morgan fingerprint density at radius 2 is 1.59 bits per heavy atom. The molecular formula is C22H20F3N5O4. The molecule has 178 valence electrons. The molecule has 0 saturated heterocycles. The number of nitrogens with one attached hydrogen (secondary N) is 1. The van der Waals surface area contributed by atoms with Gasteiger partial charge >= 0.3 is 6.18 Å². The lowest BCUT2D eigenvalue weighted by atomic mass is 10.2. The number of alkyl halides is 3. The molecule has 1 atom stereocenters. The van der Waals surface area contributed by atoms with Crippen molar-refractivity contribution in [1.82, 2.24) is 15.3 Å². The number of hydrogen-bond donors (Lipinski definition) is 4. The van der Waals surface area contributed by atoms with E-state index in [1.807, 2.05) is 0 Å². The quantitative estimate of drug-likeness (QED) is 0.369.